The lowest BCUT2D eigenvalue weighted by atomic mass is 9.74. The van der Waals surface area contributed by atoms with Gasteiger partial charge in [-0.15, -0.1) is 0 Å². The fourth-order valence-electron chi connectivity index (χ4n) is 4.45. The number of aromatic nitrogens is 3. The van der Waals surface area contributed by atoms with Crippen LogP contribution in [0, 0.1) is 5.41 Å². The van der Waals surface area contributed by atoms with Gasteiger partial charge in [-0.1, -0.05) is 13.8 Å². The first-order valence-corrected chi connectivity index (χ1v) is 10.7. The summed E-state index contributed by atoms with van der Waals surface area (Å²) >= 11 is 0. The van der Waals surface area contributed by atoms with Gasteiger partial charge in [0.25, 0.3) is 0 Å². The van der Waals surface area contributed by atoms with Gasteiger partial charge in [-0.2, -0.15) is 0 Å². The second-order valence-corrected chi connectivity index (χ2v) is 9.08. The predicted molar refractivity (Wildman–Crippen MR) is 113 cm³/mol. The third-order valence-corrected chi connectivity index (χ3v) is 5.96. The van der Waals surface area contributed by atoms with E-state index in [4.69, 9.17) is 4.98 Å². The van der Waals surface area contributed by atoms with Crippen LogP contribution in [-0.4, -0.2) is 44.8 Å². The molecule has 0 saturated carbocycles. The zero-order valence-corrected chi connectivity index (χ0v) is 17.7. The van der Waals surface area contributed by atoms with Crippen molar-refractivity contribution in [3.63, 3.8) is 0 Å². The van der Waals surface area contributed by atoms with E-state index in [1.54, 1.807) is 12.4 Å². The maximum Gasteiger partial charge on any atom is 0.222 e. The minimum Gasteiger partial charge on any atom is -0.349 e. The molecule has 2 aromatic rings. The number of hydrogen-bond donors (Lipinski definition) is 1. The van der Waals surface area contributed by atoms with Crippen molar-refractivity contribution >= 4 is 11.8 Å². The zero-order chi connectivity index (χ0) is 21.1. The first kappa shape index (κ1) is 20.4. The monoisotopic (exact) mass is 407 g/mol. The highest BCUT2D eigenvalue weighted by molar-refractivity contribution is 5.78. The smallest absolute Gasteiger partial charge is 0.222 e. The fraction of sp³-hybridized carbons (Fsp3) is 0.522. The molecule has 2 amide bonds. The van der Waals surface area contributed by atoms with Crippen LogP contribution in [-0.2, 0) is 16.0 Å². The molecule has 0 unspecified atom stereocenters. The molecule has 1 aliphatic carbocycles. The Morgan fingerprint density at radius 2 is 2.10 bits per heavy atom. The molecule has 4 rings (SSSR count). The van der Waals surface area contributed by atoms with Crippen molar-refractivity contribution in [2.24, 2.45) is 5.41 Å². The lowest BCUT2D eigenvalue weighted by molar-refractivity contribution is -0.128. The molecule has 0 aromatic carbocycles. The van der Waals surface area contributed by atoms with Crippen LogP contribution in [0.4, 0.5) is 0 Å². The summed E-state index contributed by atoms with van der Waals surface area (Å²) in [6.45, 7) is 5.91. The Hall–Kier alpha value is -2.83. The van der Waals surface area contributed by atoms with Gasteiger partial charge in [0.05, 0.1) is 11.7 Å². The van der Waals surface area contributed by atoms with Gasteiger partial charge in [-0.05, 0) is 43.2 Å². The molecule has 3 heterocycles. The summed E-state index contributed by atoms with van der Waals surface area (Å²) in [4.78, 5) is 39.6. The van der Waals surface area contributed by atoms with E-state index in [1.807, 2.05) is 23.2 Å². The first-order valence-electron chi connectivity index (χ1n) is 10.7. The van der Waals surface area contributed by atoms with E-state index in [0.29, 0.717) is 31.6 Å². The Labute approximate surface area is 177 Å². The summed E-state index contributed by atoms with van der Waals surface area (Å²) in [5, 5.41) is 3.19. The highest BCUT2D eigenvalue weighted by Crippen LogP contribution is 2.40. The van der Waals surface area contributed by atoms with E-state index in [9.17, 15) is 9.59 Å². The molecule has 1 saturated heterocycles. The Kier molecular flexibility index (Phi) is 5.79. The Bertz CT molecular complexity index is 928. The van der Waals surface area contributed by atoms with Gasteiger partial charge in [0, 0.05) is 55.6 Å². The van der Waals surface area contributed by atoms with Crippen LogP contribution in [0.1, 0.15) is 63.3 Å². The molecule has 7 nitrogen and oxygen atoms in total. The van der Waals surface area contributed by atoms with Crippen molar-refractivity contribution in [3.05, 3.63) is 42.0 Å². The van der Waals surface area contributed by atoms with Crippen LogP contribution in [0.25, 0.3) is 11.4 Å². The van der Waals surface area contributed by atoms with Gasteiger partial charge >= 0.3 is 0 Å². The number of nitrogens with zero attached hydrogens (tertiary/aromatic N) is 4. The number of carbonyl (C=O) groups is 2. The average Bonchev–Trinajstić information content (AvgIpc) is 3.12. The van der Waals surface area contributed by atoms with Gasteiger partial charge in [0.1, 0.15) is 0 Å². The van der Waals surface area contributed by atoms with Crippen LogP contribution < -0.4 is 5.32 Å². The van der Waals surface area contributed by atoms with Gasteiger partial charge in [-0.3, -0.25) is 14.6 Å². The topological polar surface area (TPSA) is 88.1 Å². The maximum absolute atomic E-state index is 12.6. The second kappa shape index (κ2) is 8.50. The van der Waals surface area contributed by atoms with Crippen molar-refractivity contribution in [1.82, 2.24) is 25.2 Å². The first-order chi connectivity index (χ1) is 14.4. The van der Waals surface area contributed by atoms with Crippen LogP contribution in [0.5, 0.6) is 0 Å². The summed E-state index contributed by atoms with van der Waals surface area (Å²) in [7, 11) is 0. The number of hydrogen-bond acceptors (Lipinski definition) is 5. The van der Waals surface area contributed by atoms with Crippen molar-refractivity contribution in [2.75, 3.05) is 13.1 Å². The molecule has 1 fully saturated rings. The zero-order valence-electron chi connectivity index (χ0n) is 17.7. The van der Waals surface area contributed by atoms with E-state index >= 15 is 0 Å². The maximum atomic E-state index is 12.6. The van der Waals surface area contributed by atoms with Gasteiger partial charge in [0.15, 0.2) is 5.82 Å². The van der Waals surface area contributed by atoms with Crippen LogP contribution in [0.3, 0.4) is 0 Å². The predicted octanol–water partition coefficient (Wildman–Crippen LogP) is 3.07. The minimum absolute atomic E-state index is 0.0218. The summed E-state index contributed by atoms with van der Waals surface area (Å²) in [5.74, 6) is 0.920. The van der Waals surface area contributed by atoms with E-state index in [-0.39, 0.29) is 23.3 Å². The van der Waals surface area contributed by atoms with Crippen molar-refractivity contribution in [3.8, 4) is 11.4 Å². The van der Waals surface area contributed by atoms with Crippen molar-refractivity contribution in [2.45, 2.75) is 58.4 Å². The minimum atomic E-state index is -0.0869. The third-order valence-electron chi connectivity index (χ3n) is 5.96. The summed E-state index contributed by atoms with van der Waals surface area (Å²) in [5.41, 5.74) is 2.99. The molecule has 0 radical (unpaired) electrons. The number of pyridine rings is 1. The molecule has 158 valence electrons. The summed E-state index contributed by atoms with van der Waals surface area (Å²) in [6, 6.07) is 3.72. The van der Waals surface area contributed by atoms with E-state index < -0.39 is 0 Å². The Morgan fingerprint density at radius 3 is 2.83 bits per heavy atom. The SMILES string of the molecule is CC1(C)Cc2nc(-c3ccncc3)ncc2[C@@H](NC(=O)CCCN2CCCC2=O)C1. The number of likely N-dealkylation sites (tertiary alicyclic amines) is 1. The van der Waals surface area contributed by atoms with Crippen LogP contribution in [0.2, 0.25) is 0 Å². The van der Waals surface area contributed by atoms with E-state index in [1.165, 1.54) is 0 Å². The fourth-order valence-corrected chi connectivity index (χ4v) is 4.45. The lowest BCUT2D eigenvalue weighted by Crippen LogP contribution is -2.37. The summed E-state index contributed by atoms with van der Waals surface area (Å²) < 4.78 is 0. The molecule has 1 N–H and O–H groups in total. The number of amides is 2. The molecule has 7 heteroatoms. The summed E-state index contributed by atoms with van der Waals surface area (Å²) in [6.07, 6.45) is 9.73. The molecule has 0 spiro atoms. The quantitative estimate of drug-likeness (QED) is 0.795. The number of carbonyl (C=O) groups excluding carboxylic acids is 2. The largest absolute Gasteiger partial charge is 0.349 e. The van der Waals surface area contributed by atoms with Crippen molar-refractivity contribution in [1.29, 1.82) is 0 Å². The molecule has 30 heavy (non-hydrogen) atoms. The lowest BCUT2D eigenvalue weighted by Gasteiger charge is -2.36. The molecule has 2 aromatic heterocycles. The highest BCUT2D eigenvalue weighted by atomic mass is 16.2. The molecule has 1 atom stereocenters. The number of rotatable bonds is 6. The Morgan fingerprint density at radius 1 is 1.30 bits per heavy atom. The highest BCUT2D eigenvalue weighted by Gasteiger charge is 2.34. The third kappa shape index (κ3) is 4.66. The average molecular weight is 408 g/mol. The van der Waals surface area contributed by atoms with Crippen LogP contribution >= 0.6 is 0 Å². The van der Waals surface area contributed by atoms with Gasteiger partial charge in [-0.25, -0.2) is 9.97 Å². The van der Waals surface area contributed by atoms with Crippen molar-refractivity contribution < 1.29 is 9.59 Å². The molecule has 1 aliphatic heterocycles. The normalized spacial score (nSPS) is 20.1. The standard InChI is InChI=1S/C23H29N5O2/c1-23(2)13-18(26-20(29)5-3-11-28-12-4-6-21(28)30)17-15-25-22(27-19(17)14-23)16-7-9-24-10-8-16/h7-10,15,18H,3-6,11-14H2,1-2H3,(H,26,29)/t18-/m0/s1. The molecule has 0 bridgehead atoms. The number of nitrogens with one attached hydrogen (secondary N) is 1. The van der Waals surface area contributed by atoms with E-state index in [0.717, 1.165) is 42.6 Å². The van der Waals surface area contributed by atoms with Gasteiger partial charge in [0.2, 0.25) is 11.8 Å². The molecular weight excluding hydrogens is 378 g/mol. The van der Waals surface area contributed by atoms with Gasteiger partial charge < -0.3 is 10.2 Å². The van der Waals surface area contributed by atoms with Crippen LogP contribution in [0.15, 0.2) is 30.7 Å². The number of fused-ring (bicyclic) bond motifs is 1. The van der Waals surface area contributed by atoms with E-state index in [2.05, 4.69) is 29.1 Å². The Balaban J connectivity index is 1.43. The molecule has 2 aliphatic rings. The second-order valence-electron chi connectivity index (χ2n) is 9.08. The molecular formula is C23H29N5O2.